The topological polar surface area (TPSA) is 55.4 Å². The summed E-state index contributed by atoms with van der Waals surface area (Å²) in [6, 6.07) is 0. The minimum atomic E-state index is -0.174. The van der Waals surface area contributed by atoms with Gasteiger partial charge in [-0.25, -0.2) is 0 Å². The van der Waals surface area contributed by atoms with Crippen LogP contribution in [0.15, 0.2) is 11.1 Å². The predicted octanol–water partition coefficient (Wildman–Crippen LogP) is 5.27. The van der Waals surface area contributed by atoms with Crippen molar-refractivity contribution in [3.8, 4) is 0 Å². The fraction of sp³-hybridized carbons (Fsp3) is 0.840. The molecule has 3 aliphatic carbocycles. The molecular formula is C25H41NO3. The molecule has 5 atom stereocenters. The zero-order valence-electron chi connectivity index (χ0n) is 19.4. The van der Waals surface area contributed by atoms with Gasteiger partial charge in [-0.2, -0.15) is 0 Å². The van der Waals surface area contributed by atoms with Crippen molar-refractivity contribution in [3.05, 3.63) is 11.1 Å². The first-order chi connectivity index (χ1) is 13.5. The highest BCUT2D eigenvalue weighted by Crippen LogP contribution is 2.59. The lowest BCUT2D eigenvalue weighted by molar-refractivity contribution is -0.146. The molecule has 0 aliphatic heterocycles. The number of hydrogen-bond donors (Lipinski definition) is 1. The predicted molar refractivity (Wildman–Crippen MR) is 116 cm³/mol. The third-order valence-electron chi connectivity index (χ3n) is 8.56. The van der Waals surface area contributed by atoms with E-state index in [0.29, 0.717) is 35.7 Å². The van der Waals surface area contributed by atoms with E-state index in [9.17, 15) is 9.59 Å². The summed E-state index contributed by atoms with van der Waals surface area (Å²) in [6.07, 6.45) is 8.34. The lowest BCUT2D eigenvalue weighted by Gasteiger charge is -2.53. The SMILES string of the molecule is CC(=O)NC[C@H]1C2=C(CC[C@@H]1[C@@]1(C)CC[C@H](C)C[C@@H]1COC(C)=O)C(C)(C)CC2. The molecule has 4 nitrogen and oxygen atoms in total. The van der Waals surface area contributed by atoms with Crippen LogP contribution in [0.4, 0.5) is 0 Å². The van der Waals surface area contributed by atoms with Gasteiger partial charge in [0.1, 0.15) is 0 Å². The van der Waals surface area contributed by atoms with Crippen LogP contribution in [0.5, 0.6) is 0 Å². The number of ether oxygens (including phenoxy) is 1. The number of hydrogen-bond acceptors (Lipinski definition) is 3. The first-order valence-electron chi connectivity index (χ1n) is 11.6. The second kappa shape index (κ2) is 8.43. The van der Waals surface area contributed by atoms with Gasteiger partial charge in [-0.1, -0.05) is 45.3 Å². The van der Waals surface area contributed by atoms with E-state index in [-0.39, 0.29) is 17.3 Å². The standard InChI is InChI=1S/C25H41NO3/c1-16-9-12-25(6,19(13-16)15-29-18(3)28)23-8-7-22-20(10-11-24(22,4)5)21(23)14-26-17(2)27/h16,19,21,23H,7-15H2,1-6H3,(H,26,27)/t16-,19+,21-,23-,25-/m0/s1. The number of carbonyl (C=O) groups is 2. The first kappa shape index (κ1) is 22.4. The van der Waals surface area contributed by atoms with Gasteiger partial charge in [-0.3, -0.25) is 9.59 Å². The molecule has 0 heterocycles. The van der Waals surface area contributed by atoms with E-state index in [4.69, 9.17) is 4.74 Å². The lowest BCUT2D eigenvalue weighted by Crippen LogP contribution is -2.48. The van der Waals surface area contributed by atoms with Crippen LogP contribution in [-0.2, 0) is 14.3 Å². The van der Waals surface area contributed by atoms with Crippen molar-refractivity contribution in [1.82, 2.24) is 5.32 Å². The van der Waals surface area contributed by atoms with Crippen LogP contribution < -0.4 is 5.32 Å². The molecule has 1 amide bonds. The molecule has 3 rings (SSSR count). The molecule has 3 aliphatic rings. The fourth-order valence-electron chi connectivity index (χ4n) is 6.74. The fourth-order valence-corrected chi connectivity index (χ4v) is 6.74. The minimum Gasteiger partial charge on any atom is -0.466 e. The van der Waals surface area contributed by atoms with E-state index >= 15 is 0 Å². The number of allylic oxidation sites excluding steroid dienone is 1. The normalized spacial score (nSPS) is 36.5. The van der Waals surface area contributed by atoms with Crippen molar-refractivity contribution in [2.24, 2.45) is 34.5 Å². The molecule has 0 spiro atoms. The largest absolute Gasteiger partial charge is 0.466 e. The van der Waals surface area contributed by atoms with Gasteiger partial charge < -0.3 is 10.1 Å². The van der Waals surface area contributed by atoms with E-state index in [1.54, 1.807) is 18.1 Å². The van der Waals surface area contributed by atoms with Gasteiger partial charge >= 0.3 is 5.97 Å². The summed E-state index contributed by atoms with van der Waals surface area (Å²) in [5, 5.41) is 3.16. The molecule has 0 radical (unpaired) electrons. The van der Waals surface area contributed by atoms with Crippen molar-refractivity contribution in [2.45, 2.75) is 86.5 Å². The summed E-state index contributed by atoms with van der Waals surface area (Å²) in [5.74, 6) is 1.93. The van der Waals surface area contributed by atoms with Crippen LogP contribution in [0, 0.1) is 34.5 Å². The Morgan fingerprint density at radius 3 is 2.48 bits per heavy atom. The number of carbonyl (C=O) groups excluding carboxylic acids is 2. The van der Waals surface area contributed by atoms with E-state index < -0.39 is 0 Å². The van der Waals surface area contributed by atoms with Gasteiger partial charge in [0.2, 0.25) is 5.91 Å². The Morgan fingerprint density at radius 1 is 1.10 bits per heavy atom. The maximum atomic E-state index is 11.8. The Kier molecular flexibility index (Phi) is 6.50. The summed E-state index contributed by atoms with van der Waals surface area (Å²) in [6.45, 7) is 14.0. The third-order valence-corrected chi connectivity index (χ3v) is 8.56. The van der Waals surface area contributed by atoms with E-state index in [1.165, 1.54) is 45.4 Å². The van der Waals surface area contributed by atoms with Crippen molar-refractivity contribution in [1.29, 1.82) is 0 Å². The molecule has 0 aromatic carbocycles. The molecule has 4 heteroatoms. The molecule has 0 aromatic rings. The molecule has 1 N–H and O–H groups in total. The highest BCUT2D eigenvalue weighted by atomic mass is 16.5. The Hall–Kier alpha value is -1.32. The van der Waals surface area contributed by atoms with Gasteiger partial charge in [0.05, 0.1) is 6.61 Å². The van der Waals surface area contributed by atoms with Crippen LogP contribution in [0.3, 0.4) is 0 Å². The molecule has 29 heavy (non-hydrogen) atoms. The summed E-state index contributed by atoms with van der Waals surface area (Å²) < 4.78 is 5.55. The second-order valence-corrected chi connectivity index (χ2v) is 11.0. The van der Waals surface area contributed by atoms with Gasteiger partial charge in [0, 0.05) is 26.3 Å². The van der Waals surface area contributed by atoms with Gasteiger partial charge in [-0.05, 0) is 67.1 Å². The van der Waals surface area contributed by atoms with Crippen molar-refractivity contribution in [2.75, 3.05) is 13.2 Å². The van der Waals surface area contributed by atoms with Crippen LogP contribution in [0.1, 0.15) is 86.5 Å². The number of nitrogens with one attached hydrogen (secondary N) is 1. The number of amides is 1. The Morgan fingerprint density at radius 2 is 1.83 bits per heavy atom. The Labute approximate surface area is 177 Å². The third kappa shape index (κ3) is 4.56. The smallest absolute Gasteiger partial charge is 0.302 e. The van der Waals surface area contributed by atoms with Crippen molar-refractivity contribution >= 4 is 11.9 Å². The van der Waals surface area contributed by atoms with Crippen molar-refractivity contribution < 1.29 is 14.3 Å². The summed E-state index contributed by atoms with van der Waals surface area (Å²) >= 11 is 0. The Balaban J connectivity index is 1.92. The molecule has 0 unspecified atom stereocenters. The van der Waals surface area contributed by atoms with Crippen molar-refractivity contribution in [3.63, 3.8) is 0 Å². The number of rotatable bonds is 5. The molecule has 0 bridgehead atoms. The molecule has 1 saturated carbocycles. The quantitative estimate of drug-likeness (QED) is 0.502. The van der Waals surface area contributed by atoms with Crippen LogP contribution in [0.2, 0.25) is 0 Å². The van der Waals surface area contributed by atoms with E-state index in [0.717, 1.165) is 13.0 Å². The maximum Gasteiger partial charge on any atom is 0.302 e. The second-order valence-electron chi connectivity index (χ2n) is 11.0. The van der Waals surface area contributed by atoms with Gasteiger partial charge in [0.15, 0.2) is 0 Å². The molecule has 1 fully saturated rings. The highest BCUT2D eigenvalue weighted by Gasteiger charge is 2.51. The molecule has 0 saturated heterocycles. The molecular weight excluding hydrogens is 362 g/mol. The molecule has 164 valence electrons. The minimum absolute atomic E-state index is 0.0626. The zero-order chi connectivity index (χ0) is 21.4. The number of esters is 1. The van der Waals surface area contributed by atoms with Gasteiger partial charge in [-0.15, -0.1) is 0 Å². The van der Waals surface area contributed by atoms with Crippen LogP contribution in [0.25, 0.3) is 0 Å². The average Bonchev–Trinajstić information content (AvgIpc) is 2.95. The lowest BCUT2D eigenvalue weighted by atomic mass is 9.53. The zero-order valence-corrected chi connectivity index (χ0v) is 19.4. The van der Waals surface area contributed by atoms with E-state index in [1.807, 2.05) is 0 Å². The average molecular weight is 404 g/mol. The maximum absolute atomic E-state index is 11.8. The Bertz CT molecular complexity index is 680. The summed E-state index contributed by atoms with van der Waals surface area (Å²) in [4.78, 5) is 23.3. The monoisotopic (exact) mass is 403 g/mol. The van der Waals surface area contributed by atoms with Crippen LogP contribution >= 0.6 is 0 Å². The van der Waals surface area contributed by atoms with Gasteiger partial charge in [0.25, 0.3) is 0 Å². The summed E-state index contributed by atoms with van der Waals surface area (Å²) in [7, 11) is 0. The highest BCUT2D eigenvalue weighted by molar-refractivity contribution is 5.72. The van der Waals surface area contributed by atoms with Crippen LogP contribution in [-0.4, -0.2) is 25.0 Å². The summed E-state index contributed by atoms with van der Waals surface area (Å²) in [5.41, 5.74) is 3.74. The van der Waals surface area contributed by atoms with E-state index in [2.05, 4.69) is 33.0 Å². The molecule has 0 aromatic heterocycles. The first-order valence-corrected chi connectivity index (χ1v) is 11.6.